The summed E-state index contributed by atoms with van der Waals surface area (Å²) in [6.07, 6.45) is 3.52. The van der Waals surface area contributed by atoms with Crippen LogP contribution in [0.15, 0.2) is 82.7 Å². The predicted octanol–water partition coefficient (Wildman–Crippen LogP) is 5.68. The van der Waals surface area contributed by atoms with E-state index in [4.69, 9.17) is 21.6 Å². The third kappa shape index (κ3) is 4.72. The van der Waals surface area contributed by atoms with E-state index < -0.39 is 0 Å². The molecule has 0 unspecified atom stereocenters. The van der Waals surface area contributed by atoms with Crippen LogP contribution >= 0.6 is 23.5 Å². The maximum Gasteiger partial charge on any atom is 0.254 e. The van der Waals surface area contributed by atoms with Gasteiger partial charge in [0.15, 0.2) is 5.65 Å². The molecule has 0 saturated carbocycles. The Morgan fingerprint density at radius 1 is 0.973 bits per heavy atom. The maximum atomic E-state index is 12.9. The van der Waals surface area contributed by atoms with Crippen LogP contribution in [-0.2, 0) is 6.54 Å². The molecule has 37 heavy (non-hydrogen) atoms. The van der Waals surface area contributed by atoms with E-state index in [0.29, 0.717) is 39.7 Å². The van der Waals surface area contributed by atoms with E-state index in [1.807, 2.05) is 61.5 Å². The largest absolute Gasteiger partial charge is 0.305 e. The molecule has 0 aliphatic rings. The average molecular weight is 526 g/mol. The van der Waals surface area contributed by atoms with Crippen molar-refractivity contribution in [1.82, 2.24) is 34.9 Å². The molecule has 6 aromatic rings. The zero-order valence-corrected chi connectivity index (χ0v) is 21.2. The minimum absolute atomic E-state index is 0.216. The molecule has 4 heterocycles. The van der Waals surface area contributed by atoms with E-state index in [9.17, 15) is 4.79 Å². The van der Waals surface area contributed by atoms with Gasteiger partial charge in [-0.3, -0.25) is 19.6 Å². The van der Waals surface area contributed by atoms with Crippen molar-refractivity contribution in [2.45, 2.75) is 18.4 Å². The molecule has 0 fully saturated rings. The summed E-state index contributed by atoms with van der Waals surface area (Å²) in [6.45, 7) is 2.28. The number of aromatic nitrogens is 6. The molecular formula is C27H20ClN7OS. The number of aromatic amines is 2. The lowest BCUT2D eigenvalue weighted by Gasteiger charge is -2.12. The molecule has 0 radical (unpaired) electrons. The van der Waals surface area contributed by atoms with Gasteiger partial charge in [-0.2, -0.15) is 5.10 Å². The summed E-state index contributed by atoms with van der Waals surface area (Å²) in [4.78, 5) is 30.8. The van der Waals surface area contributed by atoms with Crippen LogP contribution in [0.4, 0.5) is 0 Å². The number of fused-ring (bicyclic) bond motifs is 2. The topological polar surface area (TPSA) is 112 Å². The molecule has 0 amide bonds. The van der Waals surface area contributed by atoms with Gasteiger partial charge in [0.2, 0.25) is 0 Å². The van der Waals surface area contributed by atoms with Crippen LogP contribution in [0, 0.1) is 6.92 Å². The summed E-state index contributed by atoms with van der Waals surface area (Å²) in [6, 6.07) is 19.3. The molecule has 4 aromatic heterocycles. The predicted molar refractivity (Wildman–Crippen MR) is 147 cm³/mol. The number of hydrogen-bond acceptors (Lipinski definition) is 7. The van der Waals surface area contributed by atoms with Gasteiger partial charge in [-0.05, 0) is 49.2 Å². The summed E-state index contributed by atoms with van der Waals surface area (Å²) in [5.74, 6) is 0. The lowest BCUT2D eigenvalue weighted by molar-refractivity contribution is 0.945. The van der Waals surface area contributed by atoms with Gasteiger partial charge in [0.1, 0.15) is 5.52 Å². The SMILES string of the molecule is Cc1ccc(SNCc2cc3nc(-c4cc(Cl)c5[nH]ncc5c4)c(-c4ccccc4)nc3[nH]c2=O)cn1. The van der Waals surface area contributed by atoms with Gasteiger partial charge in [-0.25, -0.2) is 9.97 Å². The van der Waals surface area contributed by atoms with Crippen LogP contribution in [0.1, 0.15) is 11.3 Å². The average Bonchev–Trinajstić information content (AvgIpc) is 3.39. The summed E-state index contributed by atoms with van der Waals surface area (Å²) < 4.78 is 3.23. The van der Waals surface area contributed by atoms with E-state index in [-0.39, 0.29) is 5.56 Å². The third-order valence-corrected chi connectivity index (χ3v) is 6.98. The summed E-state index contributed by atoms with van der Waals surface area (Å²) in [5, 5.41) is 8.44. The van der Waals surface area contributed by atoms with Crippen molar-refractivity contribution >= 4 is 45.6 Å². The quantitative estimate of drug-likeness (QED) is 0.240. The Labute approximate surface area is 220 Å². The van der Waals surface area contributed by atoms with Crippen molar-refractivity contribution in [3.8, 4) is 22.5 Å². The Hall–Kier alpha value is -4.05. The fraction of sp³-hybridized carbons (Fsp3) is 0.0741. The van der Waals surface area contributed by atoms with Gasteiger partial charge in [0.05, 0.1) is 28.1 Å². The summed E-state index contributed by atoms with van der Waals surface area (Å²) in [5.41, 5.74) is 6.05. The highest BCUT2D eigenvalue weighted by Crippen LogP contribution is 2.34. The zero-order valence-electron chi connectivity index (χ0n) is 19.6. The number of benzene rings is 2. The van der Waals surface area contributed by atoms with Gasteiger partial charge < -0.3 is 4.98 Å². The molecule has 0 saturated heterocycles. The molecular weight excluding hydrogens is 506 g/mol. The minimum atomic E-state index is -0.216. The molecule has 0 bridgehead atoms. The number of nitrogens with zero attached hydrogens (tertiary/aromatic N) is 4. The van der Waals surface area contributed by atoms with Crippen molar-refractivity contribution in [2.75, 3.05) is 0 Å². The molecule has 8 nitrogen and oxygen atoms in total. The highest BCUT2D eigenvalue weighted by atomic mass is 35.5. The van der Waals surface area contributed by atoms with E-state index in [1.165, 1.54) is 11.9 Å². The number of pyridine rings is 2. The number of H-pyrrole nitrogens is 2. The Morgan fingerprint density at radius 3 is 2.62 bits per heavy atom. The molecule has 0 aliphatic heterocycles. The second-order valence-electron chi connectivity index (χ2n) is 8.50. The van der Waals surface area contributed by atoms with E-state index in [1.54, 1.807) is 18.5 Å². The third-order valence-electron chi connectivity index (χ3n) is 5.92. The molecule has 0 aliphatic carbocycles. The fourth-order valence-corrected chi connectivity index (χ4v) is 4.96. The standard InChI is InChI=1S/C27H20ClN7OS/c1-15-7-8-20(14-29-15)37-31-13-19-11-22-26(34-27(19)36)33-24(16-5-3-2-4-6-16)25(32-22)17-9-18-12-30-35-23(18)21(28)10-17/h2-12,14,31H,13H2,1H3,(H,30,35)(H,33,34,36). The molecule has 10 heteroatoms. The molecule has 6 rings (SSSR count). The first-order valence-corrected chi connectivity index (χ1v) is 12.7. The highest BCUT2D eigenvalue weighted by Gasteiger charge is 2.17. The van der Waals surface area contributed by atoms with Crippen LogP contribution < -0.4 is 10.3 Å². The number of aryl methyl sites for hydroxylation is 1. The maximum absolute atomic E-state index is 12.9. The summed E-state index contributed by atoms with van der Waals surface area (Å²) >= 11 is 7.97. The first-order chi connectivity index (χ1) is 18.0. The van der Waals surface area contributed by atoms with Gasteiger partial charge in [-0.15, -0.1) is 0 Å². The Kier molecular flexibility index (Phi) is 6.17. The van der Waals surface area contributed by atoms with E-state index in [2.05, 4.69) is 24.9 Å². The van der Waals surface area contributed by atoms with Crippen molar-refractivity contribution < 1.29 is 0 Å². The highest BCUT2D eigenvalue weighted by molar-refractivity contribution is 7.97. The van der Waals surface area contributed by atoms with E-state index in [0.717, 1.165) is 32.6 Å². The zero-order chi connectivity index (χ0) is 25.4. The van der Waals surface area contributed by atoms with Crippen molar-refractivity contribution in [2.24, 2.45) is 0 Å². The van der Waals surface area contributed by atoms with Crippen molar-refractivity contribution in [1.29, 1.82) is 0 Å². The number of hydrogen-bond donors (Lipinski definition) is 3. The second kappa shape index (κ2) is 9.78. The summed E-state index contributed by atoms with van der Waals surface area (Å²) in [7, 11) is 0. The smallest absolute Gasteiger partial charge is 0.254 e. The van der Waals surface area contributed by atoms with Crippen molar-refractivity contribution in [3.05, 3.63) is 99.7 Å². The molecule has 0 atom stereocenters. The van der Waals surface area contributed by atoms with Crippen LogP contribution in [0.2, 0.25) is 5.02 Å². The minimum Gasteiger partial charge on any atom is -0.305 e. The van der Waals surface area contributed by atoms with E-state index >= 15 is 0 Å². The fourth-order valence-electron chi connectivity index (χ4n) is 4.05. The second-order valence-corrected chi connectivity index (χ2v) is 9.87. The van der Waals surface area contributed by atoms with Crippen LogP contribution in [0.25, 0.3) is 44.6 Å². The van der Waals surface area contributed by atoms with Gasteiger partial charge in [0, 0.05) is 45.4 Å². The Bertz CT molecular complexity index is 1800. The van der Waals surface area contributed by atoms with Gasteiger partial charge in [0.25, 0.3) is 5.56 Å². The monoisotopic (exact) mass is 525 g/mol. The first kappa shape index (κ1) is 23.4. The lowest BCUT2D eigenvalue weighted by atomic mass is 10.0. The van der Waals surface area contributed by atoms with Gasteiger partial charge >= 0.3 is 0 Å². The van der Waals surface area contributed by atoms with Gasteiger partial charge in [-0.1, -0.05) is 41.9 Å². The van der Waals surface area contributed by atoms with Crippen LogP contribution in [-0.4, -0.2) is 30.1 Å². The number of nitrogens with one attached hydrogen (secondary N) is 3. The number of halogens is 1. The van der Waals surface area contributed by atoms with Crippen molar-refractivity contribution in [3.63, 3.8) is 0 Å². The normalized spacial score (nSPS) is 11.4. The van der Waals surface area contributed by atoms with Crippen LogP contribution in [0.5, 0.6) is 0 Å². The van der Waals surface area contributed by atoms with Crippen LogP contribution in [0.3, 0.4) is 0 Å². The molecule has 3 N–H and O–H groups in total. The molecule has 182 valence electrons. The molecule has 2 aromatic carbocycles. The lowest BCUT2D eigenvalue weighted by Crippen LogP contribution is -2.18. The number of rotatable bonds is 6. The molecule has 0 spiro atoms. The Morgan fingerprint density at radius 2 is 1.81 bits per heavy atom. The Balaban J connectivity index is 1.43. The first-order valence-electron chi connectivity index (χ1n) is 11.5.